The highest BCUT2D eigenvalue weighted by Crippen LogP contribution is 2.25. The molecule has 3 N–H and O–H groups in total. The summed E-state index contributed by atoms with van der Waals surface area (Å²) < 4.78 is 5.54. The Balaban J connectivity index is 1.61. The zero-order valence-electron chi connectivity index (χ0n) is 10.5. The van der Waals surface area contributed by atoms with E-state index < -0.39 is 0 Å². The van der Waals surface area contributed by atoms with E-state index in [1.54, 1.807) is 4.90 Å². The van der Waals surface area contributed by atoms with Crippen molar-refractivity contribution >= 4 is 6.03 Å². The number of primary amides is 1. The van der Waals surface area contributed by atoms with E-state index in [0.717, 1.165) is 45.4 Å². The Morgan fingerprint density at radius 3 is 2.53 bits per heavy atom. The molecule has 2 aliphatic rings. The molecule has 0 atom stereocenters. The molecule has 5 heteroatoms. The topological polar surface area (TPSA) is 67.6 Å². The van der Waals surface area contributed by atoms with Gasteiger partial charge in [0.15, 0.2) is 0 Å². The van der Waals surface area contributed by atoms with Crippen molar-refractivity contribution < 1.29 is 9.53 Å². The molecule has 2 fully saturated rings. The minimum Gasteiger partial charge on any atom is -0.378 e. The number of carbonyl (C=O) groups excluding carboxylic acids is 1. The molecule has 1 aliphatic carbocycles. The fraction of sp³-hybridized carbons (Fsp3) is 0.917. The second kappa shape index (κ2) is 5.69. The minimum absolute atomic E-state index is 0.288. The van der Waals surface area contributed by atoms with Crippen LogP contribution >= 0.6 is 0 Å². The van der Waals surface area contributed by atoms with Crippen molar-refractivity contribution in [2.75, 3.05) is 19.7 Å². The van der Waals surface area contributed by atoms with Gasteiger partial charge in [0.25, 0.3) is 0 Å². The third-order valence-electron chi connectivity index (χ3n) is 3.78. The summed E-state index contributed by atoms with van der Waals surface area (Å²) in [6, 6.07) is 0.860. The molecule has 0 spiro atoms. The van der Waals surface area contributed by atoms with E-state index >= 15 is 0 Å². The molecule has 17 heavy (non-hydrogen) atoms. The Labute approximate surface area is 103 Å². The van der Waals surface area contributed by atoms with Crippen LogP contribution in [-0.2, 0) is 4.74 Å². The first kappa shape index (κ1) is 12.6. The highest BCUT2D eigenvalue weighted by Gasteiger charge is 2.32. The van der Waals surface area contributed by atoms with Crippen molar-refractivity contribution in [2.45, 2.75) is 50.8 Å². The first-order valence-corrected chi connectivity index (χ1v) is 6.61. The minimum atomic E-state index is -0.288. The standard InChI is InChI=1S/C12H23N3O2/c1-2-17-11-7-10(8-11)14-9-3-5-15(6-4-9)12(13)16/h9-11,14H,2-8H2,1H3,(H2,13,16). The SMILES string of the molecule is CCOC1CC(NC2CCN(C(N)=O)CC2)C1. The zero-order valence-corrected chi connectivity index (χ0v) is 10.5. The summed E-state index contributed by atoms with van der Waals surface area (Å²) in [4.78, 5) is 12.7. The summed E-state index contributed by atoms with van der Waals surface area (Å²) in [5.41, 5.74) is 5.25. The van der Waals surface area contributed by atoms with Gasteiger partial charge in [-0.1, -0.05) is 0 Å². The zero-order chi connectivity index (χ0) is 12.3. The molecule has 0 unspecified atom stereocenters. The number of urea groups is 1. The van der Waals surface area contributed by atoms with Gasteiger partial charge >= 0.3 is 6.03 Å². The lowest BCUT2D eigenvalue weighted by Crippen LogP contribution is -2.53. The average Bonchev–Trinajstić information content (AvgIpc) is 2.27. The maximum atomic E-state index is 11.0. The fourth-order valence-electron chi connectivity index (χ4n) is 2.67. The largest absolute Gasteiger partial charge is 0.378 e. The van der Waals surface area contributed by atoms with Gasteiger partial charge in [0.2, 0.25) is 0 Å². The summed E-state index contributed by atoms with van der Waals surface area (Å²) in [5.74, 6) is 0. The lowest BCUT2D eigenvalue weighted by molar-refractivity contribution is -0.0138. The van der Waals surface area contributed by atoms with Gasteiger partial charge in [-0.2, -0.15) is 0 Å². The molecule has 2 amide bonds. The molecular weight excluding hydrogens is 218 g/mol. The number of hydrogen-bond donors (Lipinski definition) is 2. The summed E-state index contributed by atoms with van der Waals surface area (Å²) in [6.07, 6.45) is 4.74. The van der Waals surface area contributed by atoms with Crippen molar-refractivity contribution in [1.29, 1.82) is 0 Å². The first-order valence-electron chi connectivity index (χ1n) is 6.61. The Kier molecular flexibility index (Phi) is 4.23. The number of nitrogens with two attached hydrogens (primary N) is 1. The van der Waals surface area contributed by atoms with Crippen LogP contribution in [0.15, 0.2) is 0 Å². The lowest BCUT2D eigenvalue weighted by atomic mass is 9.87. The van der Waals surface area contributed by atoms with Gasteiger partial charge in [-0.25, -0.2) is 4.79 Å². The van der Waals surface area contributed by atoms with Crippen LogP contribution in [0, 0.1) is 0 Å². The molecule has 2 rings (SSSR count). The summed E-state index contributed by atoms with van der Waals surface area (Å²) in [7, 11) is 0. The number of nitrogens with zero attached hydrogens (tertiary/aromatic N) is 1. The third kappa shape index (κ3) is 3.33. The van der Waals surface area contributed by atoms with E-state index in [2.05, 4.69) is 5.32 Å². The molecule has 98 valence electrons. The molecule has 0 radical (unpaired) electrons. The number of nitrogens with one attached hydrogen (secondary N) is 1. The molecule has 1 heterocycles. The molecule has 0 aromatic heterocycles. The van der Waals surface area contributed by atoms with Gasteiger partial charge in [-0.3, -0.25) is 0 Å². The maximum absolute atomic E-state index is 11.0. The number of likely N-dealkylation sites (tertiary alicyclic amines) is 1. The van der Waals surface area contributed by atoms with E-state index in [9.17, 15) is 4.79 Å². The van der Waals surface area contributed by atoms with Crippen LogP contribution in [0.3, 0.4) is 0 Å². The molecule has 0 aromatic carbocycles. The van der Waals surface area contributed by atoms with Crippen LogP contribution in [0.2, 0.25) is 0 Å². The monoisotopic (exact) mass is 241 g/mol. The molecule has 0 aromatic rings. The van der Waals surface area contributed by atoms with Crippen LogP contribution in [0.5, 0.6) is 0 Å². The second-order valence-electron chi connectivity index (χ2n) is 5.01. The molecule has 5 nitrogen and oxygen atoms in total. The number of piperidine rings is 1. The smallest absolute Gasteiger partial charge is 0.314 e. The number of ether oxygens (including phenoxy) is 1. The van der Waals surface area contributed by atoms with Crippen molar-refractivity contribution in [2.24, 2.45) is 5.73 Å². The van der Waals surface area contributed by atoms with Gasteiger partial charge in [-0.15, -0.1) is 0 Å². The van der Waals surface area contributed by atoms with E-state index in [0.29, 0.717) is 18.2 Å². The van der Waals surface area contributed by atoms with E-state index in [4.69, 9.17) is 10.5 Å². The fourth-order valence-corrected chi connectivity index (χ4v) is 2.67. The number of amides is 2. The quantitative estimate of drug-likeness (QED) is 0.761. The molecule has 1 aliphatic heterocycles. The number of carbonyl (C=O) groups is 1. The van der Waals surface area contributed by atoms with Gasteiger partial charge in [0.05, 0.1) is 6.10 Å². The van der Waals surface area contributed by atoms with Crippen LogP contribution < -0.4 is 11.1 Å². The van der Waals surface area contributed by atoms with Gasteiger partial charge in [-0.05, 0) is 32.6 Å². The number of hydrogen-bond acceptors (Lipinski definition) is 3. The van der Waals surface area contributed by atoms with Gasteiger partial charge in [0.1, 0.15) is 0 Å². The summed E-state index contributed by atoms with van der Waals surface area (Å²) in [6.45, 7) is 4.43. The van der Waals surface area contributed by atoms with Crippen LogP contribution in [-0.4, -0.2) is 48.8 Å². The second-order valence-corrected chi connectivity index (χ2v) is 5.01. The highest BCUT2D eigenvalue weighted by molar-refractivity contribution is 5.72. The predicted molar refractivity (Wildman–Crippen MR) is 65.8 cm³/mol. The van der Waals surface area contributed by atoms with E-state index in [-0.39, 0.29) is 6.03 Å². The average molecular weight is 241 g/mol. The van der Waals surface area contributed by atoms with Crippen LogP contribution in [0.25, 0.3) is 0 Å². The van der Waals surface area contributed by atoms with Crippen molar-refractivity contribution in [3.8, 4) is 0 Å². The molecular formula is C12H23N3O2. The lowest BCUT2D eigenvalue weighted by Gasteiger charge is -2.40. The molecule has 1 saturated heterocycles. The number of rotatable bonds is 4. The van der Waals surface area contributed by atoms with E-state index in [1.807, 2.05) is 6.92 Å². The Hall–Kier alpha value is -0.810. The molecule has 1 saturated carbocycles. The maximum Gasteiger partial charge on any atom is 0.314 e. The van der Waals surface area contributed by atoms with Crippen LogP contribution in [0.1, 0.15) is 32.6 Å². The first-order chi connectivity index (χ1) is 8.19. The summed E-state index contributed by atoms with van der Waals surface area (Å²) >= 11 is 0. The van der Waals surface area contributed by atoms with Crippen molar-refractivity contribution in [3.63, 3.8) is 0 Å². The van der Waals surface area contributed by atoms with Crippen molar-refractivity contribution in [3.05, 3.63) is 0 Å². The van der Waals surface area contributed by atoms with E-state index in [1.165, 1.54) is 0 Å². The predicted octanol–water partition coefficient (Wildman–Crippen LogP) is 0.687. The Morgan fingerprint density at radius 2 is 2.00 bits per heavy atom. The third-order valence-corrected chi connectivity index (χ3v) is 3.78. The Morgan fingerprint density at radius 1 is 1.35 bits per heavy atom. The highest BCUT2D eigenvalue weighted by atomic mass is 16.5. The van der Waals surface area contributed by atoms with Gasteiger partial charge in [0, 0.05) is 31.8 Å². The normalized spacial score (nSPS) is 30.1. The summed E-state index contributed by atoms with van der Waals surface area (Å²) in [5, 5.41) is 3.64. The van der Waals surface area contributed by atoms with Gasteiger partial charge < -0.3 is 20.7 Å². The van der Waals surface area contributed by atoms with Crippen LogP contribution in [0.4, 0.5) is 4.79 Å². The van der Waals surface area contributed by atoms with Crippen molar-refractivity contribution in [1.82, 2.24) is 10.2 Å². The molecule has 0 bridgehead atoms. The Bertz CT molecular complexity index is 258.